The second-order valence-electron chi connectivity index (χ2n) is 5.99. The minimum Gasteiger partial charge on any atom is -0.473 e. The normalized spacial score (nSPS) is 9.96. The van der Waals surface area contributed by atoms with Gasteiger partial charge in [0.15, 0.2) is 0 Å². The molecular formula is C20H20ClN3O4. The minimum absolute atomic E-state index is 0.693. The van der Waals surface area contributed by atoms with Crippen molar-refractivity contribution in [3.8, 4) is 11.3 Å². The molecule has 3 N–H and O–H groups in total. The van der Waals surface area contributed by atoms with Gasteiger partial charge in [-0.3, -0.25) is 0 Å². The van der Waals surface area contributed by atoms with Crippen LogP contribution in [0.25, 0.3) is 11.3 Å². The first-order chi connectivity index (χ1) is 13.3. The van der Waals surface area contributed by atoms with E-state index in [1.165, 1.54) is 5.56 Å². The first-order valence-electron chi connectivity index (χ1n) is 8.31. The maximum Gasteiger partial charge on any atom is 0.414 e. The molecule has 3 aromatic rings. The number of rotatable bonds is 4. The predicted molar refractivity (Wildman–Crippen MR) is 107 cm³/mol. The number of imidazole rings is 1. The summed E-state index contributed by atoms with van der Waals surface area (Å²) in [4.78, 5) is 22.7. The van der Waals surface area contributed by atoms with Gasteiger partial charge in [-0.2, -0.15) is 0 Å². The molecular weight excluding hydrogens is 382 g/mol. The third-order valence-corrected chi connectivity index (χ3v) is 4.09. The SMILES string of the molecule is Cc1ccc(-c2cnc(NCc3cccc(Cl)c3)n2C)cc1.O=C(O)C(=O)O. The number of hydrogen-bond acceptors (Lipinski definition) is 4. The number of carbonyl (C=O) groups is 2. The van der Waals surface area contributed by atoms with Crippen molar-refractivity contribution in [3.63, 3.8) is 0 Å². The van der Waals surface area contributed by atoms with E-state index in [2.05, 4.69) is 46.1 Å². The summed E-state index contributed by atoms with van der Waals surface area (Å²) in [6.45, 7) is 2.78. The van der Waals surface area contributed by atoms with Gasteiger partial charge in [0.25, 0.3) is 0 Å². The molecule has 28 heavy (non-hydrogen) atoms. The maximum atomic E-state index is 9.10. The van der Waals surface area contributed by atoms with Gasteiger partial charge in [0.2, 0.25) is 5.95 Å². The zero-order valence-electron chi connectivity index (χ0n) is 15.4. The summed E-state index contributed by atoms with van der Waals surface area (Å²) in [5, 5.41) is 18.9. The average Bonchev–Trinajstić information content (AvgIpc) is 3.02. The Labute approximate surface area is 167 Å². The Balaban J connectivity index is 0.000000409. The number of carboxylic acid groups (broad SMARTS) is 2. The van der Waals surface area contributed by atoms with E-state index in [0.29, 0.717) is 6.54 Å². The van der Waals surface area contributed by atoms with E-state index in [0.717, 1.165) is 27.8 Å². The summed E-state index contributed by atoms with van der Waals surface area (Å²) in [6.07, 6.45) is 1.89. The fraction of sp³-hybridized carbons (Fsp3) is 0.150. The molecule has 0 amide bonds. The van der Waals surface area contributed by atoms with E-state index in [1.54, 1.807) is 0 Å². The zero-order chi connectivity index (χ0) is 20.7. The van der Waals surface area contributed by atoms with Gasteiger partial charge in [-0.15, -0.1) is 0 Å². The molecule has 0 radical (unpaired) electrons. The lowest BCUT2D eigenvalue weighted by atomic mass is 10.1. The highest BCUT2D eigenvalue weighted by Crippen LogP contribution is 2.22. The number of aryl methyl sites for hydroxylation is 1. The Bertz CT molecular complexity index is 956. The van der Waals surface area contributed by atoms with Crippen molar-refractivity contribution in [3.05, 3.63) is 70.9 Å². The van der Waals surface area contributed by atoms with Crippen LogP contribution in [0.5, 0.6) is 0 Å². The molecule has 0 aliphatic heterocycles. The van der Waals surface area contributed by atoms with Crippen LogP contribution >= 0.6 is 11.6 Å². The molecule has 146 valence electrons. The molecule has 0 aliphatic carbocycles. The molecule has 0 saturated heterocycles. The standard InChI is InChI=1S/C18H18ClN3.C2H2O4/c1-13-6-8-15(9-7-13)17-12-21-18(22(17)2)20-11-14-4-3-5-16(19)10-14;3-1(4)2(5)6/h3-10,12H,11H2,1-2H3,(H,20,21);(H,3,4)(H,5,6). The van der Waals surface area contributed by atoms with E-state index in [-0.39, 0.29) is 0 Å². The second-order valence-corrected chi connectivity index (χ2v) is 6.42. The van der Waals surface area contributed by atoms with Gasteiger partial charge in [-0.05, 0) is 30.2 Å². The van der Waals surface area contributed by atoms with E-state index < -0.39 is 11.9 Å². The molecule has 7 nitrogen and oxygen atoms in total. The highest BCUT2D eigenvalue weighted by molar-refractivity contribution is 6.30. The smallest absolute Gasteiger partial charge is 0.414 e. The summed E-state index contributed by atoms with van der Waals surface area (Å²) in [5.41, 5.74) is 4.64. The quantitative estimate of drug-likeness (QED) is 0.574. The third-order valence-electron chi connectivity index (χ3n) is 3.86. The van der Waals surface area contributed by atoms with Crippen LogP contribution in [0, 0.1) is 6.92 Å². The molecule has 8 heteroatoms. The van der Waals surface area contributed by atoms with Crippen LogP contribution in [-0.4, -0.2) is 31.7 Å². The van der Waals surface area contributed by atoms with Crippen LogP contribution in [0.15, 0.2) is 54.7 Å². The molecule has 0 saturated carbocycles. The third kappa shape index (κ3) is 5.85. The first-order valence-corrected chi connectivity index (χ1v) is 8.69. The molecule has 0 unspecified atom stereocenters. The molecule has 0 spiro atoms. The summed E-state index contributed by atoms with van der Waals surface area (Å²) in [5.74, 6) is -2.81. The highest BCUT2D eigenvalue weighted by atomic mass is 35.5. The van der Waals surface area contributed by atoms with E-state index in [9.17, 15) is 0 Å². The van der Waals surface area contributed by atoms with Gasteiger partial charge < -0.3 is 20.1 Å². The van der Waals surface area contributed by atoms with E-state index in [4.69, 9.17) is 31.4 Å². The lowest BCUT2D eigenvalue weighted by molar-refractivity contribution is -0.159. The van der Waals surface area contributed by atoms with Crippen molar-refractivity contribution in [2.75, 3.05) is 5.32 Å². The Kier molecular flexibility index (Phi) is 7.17. The molecule has 3 rings (SSSR count). The van der Waals surface area contributed by atoms with Gasteiger partial charge >= 0.3 is 11.9 Å². The van der Waals surface area contributed by atoms with Crippen LogP contribution in [0.1, 0.15) is 11.1 Å². The summed E-state index contributed by atoms with van der Waals surface area (Å²) in [6, 6.07) is 16.3. The summed E-state index contributed by atoms with van der Waals surface area (Å²) in [7, 11) is 2.02. The first kappa shape index (κ1) is 21.0. The number of carboxylic acids is 2. The number of aliphatic carboxylic acids is 2. The van der Waals surface area contributed by atoms with Crippen molar-refractivity contribution in [2.45, 2.75) is 13.5 Å². The van der Waals surface area contributed by atoms with Crippen LogP contribution in [0.2, 0.25) is 5.02 Å². The van der Waals surface area contributed by atoms with Crippen molar-refractivity contribution in [1.82, 2.24) is 9.55 Å². The average molecular weight is 402 g/mol. The zero-order valence-corrected chi connectivity index (χ0v) is 16.1. The second kappa shape index (κ2) is 9.57. The fourth-order valence-electron chi connectivity index (χ4n) is 2.39. The summed E-state index contributed by atoms with van der Waals surface area (Å²) < 4.78 is 2.06. The van der Waals surface area contributed by atoms with Gasteiger partial charge in [0.1, 0.15) is 0 Å². The van der Waals surface area contributed by atoms with Crippen LogP contribution in [0.3, 0.4) is 0 Å². The monoisotopic (exact) mass is 401 g/mol. The number of nitrogens with one attached hydrogen (secondary N) is 1. The fourth-order valence-corrected chi connectivity index (χ4v) is 2.61. The van der Waals surface area contributed by atoms with Crippen molar-refractivity contribution >= 4 is 29.5 Å². The van der Waals surface area contributed by atoms with Gasteiger partial charge in [-0.25, -0.2) is 14.6 Å². The number of benzene rings is 2. The van der Waals surface area contributed by atoms with Gasteiger partial charge in [0.05, 0.1) is 11.9 Å². The summed E-state index contributed by atoms with van der Waals surface area (Å²) >= 11 is 6.01. The number of hydrogen-bond donors (Lipinski definition) is 3. The number of aromatic nitrogens is 2. The maximum absolute atomic E-state index is 9.10. The van der Waals surface area contributed by atoms with E-state index in [1.807, 2.05) is 37.5 Å². The Morgan fingerprint density at radius 3 is 2.32 bits per heavy atom. The number of anilines is 1. The van der Waals surface area contributed by atoms with Gasteiger partial charge in [0, 0.05) is 18.6 Å². The van der Waals surface area contributed by atoms with Crippen LogP contribution in [0.4, 0.5) is 5.95 Å². The molecule has 0 bridgehead atoms. The van der Waals surface area contributed by atoms with Crippen LogP contribution < -0.4 is 5.32 Å². The highest BCUT2D eigenvalue weighted by Gasteiger charge is 2.08. The molecule has 0 aliphatic rings. The van der Waals surface area contributed by atoms with Crippen LogP contribution in [-0.2, 0) is 23.2 Å². The number of nitrogens with zero attached hydrogens (tertiary/aromatic N) is 2. The molecule has 1 aromatic heterocycles. The van der Waals surface area contributed by atoms with Crippen molar-refractivity contribution in [1.29, 1.82) is 0 Å². The topological polar surface area (TPSA) is 104 Å². The lowest BCUT2D eigenvalue weighted by Crippen LogP contribution is -2.09. The van der Waals surface area contributed by atoms with Crippen molar-refractivity contribution < 1.29 is 19.8 Å². The molecule has 1 heterocycles. The van der Waals surface area contributed by atoms with E-state index >= 15 is 0 Å². The molecule has 2 aromatic carbocycles. The predicted octanol–water partition coefficient (Wildman–Crippen LogP) is 3.82. The largest absolute Gasteiger partial charge is 0.473 e. The Hall–Kier alpha value is -3.32. The molecule has 0 atom stereocenters. The van der Waals surface area contributed by atoms with Crippen molar-refractivity contribution in [2.24, 2.45) is 7.05 Å². The minimum atomic E-state index is -1.82. The number of halogens is 1. The Morgan fingerprint density at radius 2 is 1.75 bits per heavy atom. The van der Waals surface area contributed by atoms with Gasteiger partial charge in [-0.1, -0.05) is 53.6 Å². The molecule has 0 fully saturated rings. The Morgan fingerprint density at radius 1 is 1.11 bits per heavy atom. The lowest BCUT2D eigenvalue weighted by Gasteiger charge is -2.09.